The molecule has 0 atom stereocenters. The number of aromatic nitrogens is 3. The van der Waals surface area contributed by atoms with Gasteiger partial charge in [-0.05, 0) is 37.3 Å². The Kier molecular flexibility index (Phi) is 2.64. The van der Waals surface area contributed by atoms with Gasteiger partial charge in [0.05, 0.1) is 17.4 Å². The zero-order chi connectivity index (χ0) is 12.5. The van der Waals surface area contributed by atoms with Crippen molar-refractivity contribution in [3.05, 3.63) is 47.2 Å². The van der Waals surface area contributed by atoms with Crippen LogP contribution in [0.15, 0.2) is 36.5 Å². The molecule has 3 rings (SSSR count). The number of benzene rings is 1. The van der Waals surface area contributed by atoms with Crippen molar-refractivity contribution < 1.29 is 0 Å². The van der Waals surface area contributed by atoms with Gasteiger partial charge in [0.2, 0.25) is 0 Å². The number of nitrogens with zero attached hydrogens (tertiary/aromatic N) is 2. The molecule has 0 aliphatic carbocycles. The van der Waals surface area contributed by atoms with E-state index in [-0.39, 0.29) is 0 Å². The first-order valence-electron chi connectivity index (χ1n) is 5.56. The summed E-state index contributed by atoms with van der Waals surface area (Å²) in [5, 5.41) is 12.1. The minimum atomic E-state index is 0.690. The number of halogens is 1. The quantitative estimate of drug-likeness (QED) is 0.737. The van der Waals surface area contributed by atoms with Gasteiger partial charge in [-0.3, -0.25) is 10.1 Å². The summed E-state index contributed by atoms with van der Waals surface area (Å²) in [6.45, 7) is 1.95. The van der Waals surface area contributed by atoms with Crippen LogP contribution in [0, 0.1) is 6.92 Å². The summed E-state index contributed by atoms with van der Waals surface area (Å²) in [5.74, 6) is 0.771. The second-order valence-electron chi connectivity index (χ2n) is 4.08. The number of anilines is 2. The van der Waals surface area contributed by atoms with Gasteiger partial charge >= 0.3 is 0 Å². The molecule has 90 valence electrons. The van der Waals surface area contributed by atoms with Crippen molar-refractivity contribution in [2.75, 3.05) is 5.32 Å². The monoisotopic (exact) mass is 258 g/mol. The van der Waals surface area contributed by atoms with Gasteiger partial charge in [0.15, 0.2) is 5.82 Å². The highest BCUT2D eigenvalue weighted by Gasteiger charge is 2.06. The molecule has 0 spiro atoms. The molecule has 0 fully saturated rings. The van der Waals surface area contributed by atoms with Crippen molar-refractivity contribution in [1.29, 1.82) is 0 Å². The number of hydrogen-bond donors (Lipinski definition) is 2. The number of fused-ring (bicyclic) bond motifs is 1. The summed E-state index contributed by atoms with van der Waals surface area (Å²) in [6.07, 6.45) is 1.78. The number of nitrogens with one attached hydrogen (secondary N) is 2. The number of aromatic amines is 1. The molecule has 0 saturated carbocycles. The highest BCUT2D eigenvalue weighted by atomic mass is 35.5. The summed E-state index contributed by atoms with van der Waals surface area (Å²) in [6, 6.07) is 9.55. The van der Waals surface area contributed by atoms with E-state index >= 15 is 0 Å². The van der Waals surface area contributed by atoms with Gasteiger partial charge in [-0.1, -0.05) is 11.6 Å². The van der Waals surface area contributed by atoms with Crippen LogP contribution in [0.5, 0.6) is 0 Å². The van der Waals surface area contributed by atoms with Crippen LogP contribution in [0.4, 0.5) is 11.5 Å². The minimum absolute atomic E-state index is 0.690. The highest BCUT2D eigenvalue weighted by Crippen LogP contribution is 2.25. The molecule has 0 radical (unpaired) electrons. The Morgan fingerprint density at radius 1 is 1.22 bits per heavy atom. The van der Waals surface area contributed by atoms with Gasteiger partial charge in [-0.2, -0.15) is 5.10 Å². The van der Waals surface area contributed by atoms with Crippen LogP contribution in [-0.4, -0.2) is 15.2 Å². The Labute approximate surface area is 109 Å². The van der Waals surface area contributed by atoms with Crippen LogP contribution in [0.25, 0.3) is 10.9 Å². The van der Waals surface area contributed by atoms with Gasteiger partial charge in [-0.25, -0.2) is 0 Å². The lowest BCUT2D eigenvalue weighted by molar-refractivity contribution is 1.12. The first-order chi connectivity index (χ1) is 8.72. The smallest absolute Gasteiger partial charge is 0.160 e. The van der Waals surface area contributed by atoms with Crippen molar-refractivity contribution in [3.63, 3.8) is 0 Å². The molecular weight excluding hydrogens is 248 g/mol. The summed E-state index contributed by atoms with van der Waals surface area (Å²) in [4.78, 5) is 4.23. The second-order valence-corrected chi connectivity index (χ2v) is 4.51. The van der Waals surface area contributed by atoms with Crippen LogP contribution < -0.4 is 5.32 Å². The Balaban J connectivity index is 1.97. The van der Waals surface area contributed by atoms with Gasteiger partial charge in [0.1, 0.15) is 0 Å². The third-order valence-corrected chi connectivity index (χ3v) is 2.93. The SMILES string of the molecule is Cc1ccc(Nc2n[nH]c3cc(Cl)ccc23)cn1. The fourth-order valence-corrected chi connectivity index (χ4v) is 1.94. The predicted octanol–water partition coefficient (Wildman–Crippen LogP) is 3.66. The molecule has 0 amide bonds. The maximum absolute atomic E-state index is 5.93. The number of aryl methyl sites for hydroxylation is 1. The van der Waals surface area contributed by atoms with E-state index in [2.05, 4.69) is 20.5 Å². The zero-order valence-corrected chi connectivity index (χ0v) is 10.5. The molecule has 4 nitrogen and oxygen atoms in total. The molecule has 1 aromatic carbocycles. The molecule has 0 aliphatic heterocycles. The van der Waals surface area contributed by atoms with Crippen molar-refractivity contribution in [2.24, 2.45) is 0 Å². The summed E-state index contributed by atoms with van der Waals surface area (Å²) in [5.41, 5.74) is 2.80. The Hall–Kier alpha value is -2.07. The topological polar surface area (TPSA) is 53.6 Å². The van der Waals surface area contributed by atoms with Gasteiger partial charge < -0.3 is 5.32 Å². The van der Waals surface area contributed by atoms with Crippen molar-refractivity contribution in [2.45, 2.75) is 6.92 Å². The number of hydrogen-bond acceptors (Lipinski definition) is 3. The van der Waals surface area contributed by atoms with Gasteiger partial charge in [0, 0.05) is 16.1 Å². The van der Waals surface area contributed by atoms with E-state index in [9.17, 15) is 0 Å². The van der Waals surface area contributed by atoms with E-state index in [1.807, 2.05) is 37.3 Å². The van der Waals surface area contributed by atoms with Crippen LogP contribution in [0.2, 0.25) is 5.02 Å². The Morgan fingerprint density at radius 3 is 2.89 bits per heavy atom. The van der Waals surface area contributed by atoms with Crippen LogP contribution in [-0.2, 0) is 0 Å². The molecule has 0 bridgehead atoms. The lowest BCUT2D eigenvalue weighted by Gasteiger charge is -2.03. The molecule has 3 aromatic rings. The molecule has 2 heterocycles. The summed E-state index contributed by atoms with van der Waals surface area (Å²) >= 11 is 5.93. The summed E-state index contributed by atoms with van der Waals surface area (Å²) in [7, 11) is 0. The second kappa shape index (κ2) is 4.31. The van der Waals surface area contributed by atoms with Gasteiger partial charge in [-0.15, -0.1) is 0 Å². The molecule has 5 heteroatoms. The van der Waals surface area contributed by atoms with E-state index in [1.54, 1.807) is 6.20 Å². The number of H-pyrrole nitrogens is 1. The zero-order valence-electron chi connectivity index (χ0n) is 9.74. The lowest BCUT2D eigenvalue weighted by Crippen LogP contribution is -1.92. The van der Waals surface area contributed by atoms with Crippen molar-refractivity contribution in [1.82, 2.24) is 15.2 Å². The highest BCUT2D eigenvalue weighted by molar-refractivity contribution is 6.31. The van der Waals surface area contributed by atoms with Gasteiger partial charge in [0.25, 0.3) is 0 Å². The number of rotatable bonds is 2. The van der Waals surface area contributed by atoms with Crippen molar-refractivity contribution >= 4 is 34.0 Å². The van der Waals surface area contributed by atoms with Crippen LogP contribution in [0.3, 0.4) is 0 Å². The largest absolute Gasteiger partial charge is 0.337 e. The van der Waals surface area contributed by atoms with E-state index in [1.165, 1.54) is 0 Å². The Morgan fingerprint density at radius 2 is 2.11 bits per heavy atom. The molecule has 2 aromatic heterocycles. The number of pyridine rings is 1. The fourth-order valence-electron chi connectivity index (χ4n) is 1.77. The molecule has 2 N–H and O–H groups in total. The molecule has 0 unspecified atom stereocenters. The Bertz CT molecular complexity index is 688. The van der Waals surface area contributed by atoms with E-state index in [0.29, 0.717) is 5.02 Å². The first kappa shape index (κ1) is 11.0. The van der Waals surface area contributed by atoms with E-state index < -0.39 is 0 Å². The maximum atomic E-state index is 5.93. The lowest BCUT2D eigenvalue weighted by atomic mass is 10.2. The normalized spacial score (nSPS) is 10.8. The molecule has 0 saturated heterocycles. The van der Waals surface area contributed by atoms with E-state index in [4.69, 9.17) is 11.6 Å². The standard InChI is InChI=1S/C13H11ClN4/c1-8-2-4-10(7-15-8)16-13-11-5-3-9(14)6-12(11)17-18-13/h2-7H,1H3,(H2,16,17,18). The predicted molar refractivity (Wildman–Crippen MR) is 73.4 cm³/mol. The average molecular weight is 259 g/mol. The fraction of sp³-hybridized carbons (Fsp3) is 0.0769. The van der Waals surface area contributed by atoms with Crippen molar-refractivity contribution in [3.8, 4) is 0 Å². The average Bonchev–Trinajstić information content (AvgIpc) is 2.74. The van der Waals surface area contributed by atoms with E-state index in [0.717, 1.165) is 28.1 Å². The minimum Gasteiger partial charge on any atom is -0.337 e. The maximum Gasteiger partial charge on any atom is 0.160 e. The summed E-state index contributed by atoms with van der Waals surface area (Å²) < 4.78 is 0. The molecular formula is C13H11ClN4. The van der Waals surface area contributed by atoms with Crippen LogP contribution in [0.1, 0.15) is 5.69 Å². The first-order valence-corrected chi connectivity index (χ1v) is 5.93. The molecule has 18 heavy (non-hydrogen) atoms. The van der Waals surface area contributed by atoms with Crippen LogP contribution >= 0.6 is 11.6 Å². The third kappa shape index (κ3) is 2.02. The third-order valence-electron chi connectivity index (χ3n) is 2.70. The molecule has 0 aliphatic rings.